The quantitative estimate of drug-likeness (QED) is 0.160. The van der Waals surface area contributed by atoms with Crippen LogP contribution >= 0.6 is 0 Å². The Kier molecular flexibility index (Phi) is 8.79. The summed E-state index contributed by atoms with van der Waals surface area (Å²) in [6, 6.07) is 83.6. The molecule has 322 valence electrons. The highest BCUT2D eigenvalue weighted by atomic mass is 16.3. The summed E-state index contributed by atoms with van der Waals surface area (Å²) in [5, 5.41) is 6.95. The number of nitrogens with zero attached hydrogens (tertiary/aromatic N) is 5. The minimum atomic E-state index is 0.564. The molecule has 4 aromatic heterocycles. The molecule has 0 aliphatic carbocycles. The van der Waals surface area contributed by atoms with Gasteiger partial charge >= 0.3 is 0 Å². The van der Waals surface area contributed by atoms with Crippen molar-refractivity contribution in [3.8, 4) is 67.8 Å². The first-order valence-electron chi connectivity index (χ1n) is 23.3. The van der Waals surface area contributed by atoms with Crippen LogP contribution in [-0.2, 0) is 0 Å². The lowest BCUT2D eigenvalue weighted by molar-refractivity contribution is 0.669. The van der Waals surface area contributed by atoms with Gasteiger partial charge in [-0.05, 0) is 77.9 Å². The fourth-order valence-corrected chi connectivity index (χ4v) is 10.4. The highest BCUT2D eigenvalue weighted by Crippen LogP contribution is 2.45. The van der Waals surface area contributed by atoms with Gasteiger partial charge in [0.1, 0.15) is 11.2 Å². The summed E-state index contributed by atoms with van der Waals surface area (Å²) < 4.78 is 11.2. The molecule has 10 aromatic carbocycles. The van der Waals surface area contributed by atoms with Gasteiger partial charge < -0.3 is 13.6 Å². The molecule has 0 saturated heterocycles. The second kappa shape index (κ2) is 15.6. The van der Waals surface area contributed by atoms with Crippen LogP contribution < -0.4 is 0 Å². The van der Waals surface area contributed by atoms with Crippen molar-refractivity contribution in [1.29, 1.82) is 0 Å². The standard InChI is InChI=1S/C63H39N5O/c1-4-18-40(19-5-1)51-36-44(63-65-61(42-22-8-3-9-23-42)64-62(66-63)43-32-34-50-49-27-13-17-31-58(49)69-59(50)38-43)37-52(41-20-6-2-7-21-41)60(51)68-56-30-16-12-26-48(56)53-39-45(33-35-57(53)68)67-54-28-14-10-24-46(54)47-25-11-15-29-55(47)67/h1-39H. The van der Waals surface area contributed by atoms with Crippen molar-refractivity contribution in [2.24, 2.45) is 0 Å². The molecule has 0 aliphatic heterocycles. The minimum Gasteiger partial charge on any atom is -0.456 e. The topological polar surface area (TPSA) is 61.7 Å². The Morgan fingerprint density at radius 1 is 0.275 bits per heavy atom. The van der Waals surface area contributed by atoms with Gasteiger partial charge in [0.15, 0.2) is 17.5 Å². The van der Waals surface area contributed by atoms with Crippen molar-refractivity contribution in [2.45, 2.75) is 0 Å². The molecule has 0 saturated carbocycles. The molecular formula is C63H39N5O. The van der Waals surface area contributed by atoms with Crippen LogP contribution in [0.3, 0.4) is 0 Å². The molecule has 0 aliphatic rings. The van der Waals surface area contributed by atoms with Crippen LogP contribution in [-0.4, -0.2) is 24.1 Å². The van der Waals surface area contributed by atoms with E-state index in [1.807, 2.05) is 54.6 Å². The number of rotatable bonds is 7. The van der Waals surface area contributed by atoms with Gasteiger partial charge in [-0.3, -0.25) is 0 Å². The first-order valence-corrected chi connectivity index (χ1v) is 23.3. The van der Waals surface area contributed by atoms with Crippen molar-refractivity contribution < 1.29 is 4.42 Å². The van der Waals surface area contributed by atoms with E-state index in [-0.39, 0.29) is 0 Å². The molecule has 0 fully saturated rings. The van der Waals surface area contributed by atoms with Gasteiger partial charge in [0.25, 0.3) is 0 Å². The Labute approximate surface area is 396 Å². The smallest absolute Gasteiger partial charge is 0.164 e. The van der Waals surface area contributed by atoms with E-state index >= 15 is 0 Å². The minimum absolute atomic E-state index is 0.564. The monoisotopic (exact) mass is 881 g/mol. The first-order chi connectivity index (χ1) is 34.2. The molecule has 0 spiro atoms. The Balaban J connectivity index is 1.04. The van der Waals surface area contributed by atoms with Crippen LogP contribution in [0.1, 0.15) is 0 Å². The zero-order valence-corrected chi connectivity index (χ0v) is 37.2. The van der Waals surface area contributed by atoms with E-state index in [2.05, 4.69) is 191 Å². The molecule has 6 nitrogen and oxygen atoms in total. The fraction of sp³-hybridized carbons (Fsp3) is 0. The molecule has 69 heavy (non-hydrogen) atoms. The molecule has 0 amide bonds. The van der Waals surface area contributed by atoms with Crippen LogP contribution in [0.2, 0.25) is 0 Å². The zero-order chi connectivity index (χ0) is 45.4. The van der Waals surface area contributed by atoms with Crippen molar-refractivity contribution >= 4 is 65.6 Å². The number of benzene rings is 10. The summed E-state index contributed by atoms with van der Waals surface area (Å²) in [6.45, 7) is 0. The van der Waals surface area contributed by atoms with E-state index < -0.39 is 0 Å². The number of para-hydroxylation sites is 4. The Bertz CT molecular complexity index is 4190. The van der Waals surface area contributed by atoms with E-state index in [0.29, 0.717) is 17.5 Å². The molecule has 0 bridgehead atoms. The van der Waals surface area contributed by atoms with Gasteiger partial charge in [-0.1, -0.05) is 170 Å². The Hall–Kier alpha value is -9.39. The molecule has 0 unspecified atom stereocenters. The van der Waals surface area contributed by atoms with Crippen LogP contribution in [0.25, 0.3) is 133 Å². The predicted octanol–water partition coefficient (Wildman–Crippen LogP) is 16.3. The van der Waals surface area contributed by atoms with Gasteiger partial charge in [0.05, 0.1) is 27.8 Å². The maximum absolute atomic E-state index is 6.37. The van der Waals surface area contributed by atoms with E-state index in [0.717, 1.165) is 83.3 Å². The van der Waals surface area contributed by atoms with Gasteiger partial charge in [-0.2, -0.15) is 0 Å². The van der Waals surface area contributed by atoms with Crippen molar-refractivity contribution in [3.63, 3.8) is 0 Å². The average molecular weight is 882 g/mol. The van der Waals surface area contributed by atoms with E-state index in [9.17, 15) is 0 Å². The third-order valence-corrected chi connectivity index (χ3v) is 13.6. The molecule has 14 aromatic rings. The summed E-state index contributed by atoms with van der Waals surface area (Å²) >= 11 is 0. The third-order valence-electron chi connectivity index (χ3n) is 13.6. The lowest BCUT2D eigenvalue weighted by atomic mass is 9.92. The Morgan fingerprint density at radius 3 is 1.33 bits per heavy atom. The molecule has 0 N–H and O–H groups in total. The molecule has 4 heterocycles. The van der Waals surface area contributed by atoms with Crippen LogP contribution in [0.5, 0.6) is 0 Å². The first kappa shape index (κ1) is 38.8. The lowest BCUT2D eigenvalue weighted by Gasteiger charge is -2.21. The van der Waals surface area contributed by atoms with Crippen LogP contribution in [0, 0.1) is 0 Å². The van der Waals surface area contributed by atoms with Crippen molar-refractivity contribution in [1.82, 2.24) is 24.1 Å². The van der Waals surface area contributed by atoms with E-state index in [4.69, 9.17) is 19.4 Å². The molecule has 0 radical (unpaired) electrons. The van der Waals surface area contributed by atoms with Crippen LogP contribution in [0.4, 0.5) is 0 Å². The summed E-state index contributed by atoms with van der Waals surface area (Å²) in [5.74, 6) is 1.73. The molecule has 6 heteroatoms. The highest BCUT2D eigenvalue weighted by molar-refractivity contribution is 6.13. The van der Waals surface area contributed by atoms with Gasteiger partial charge in [0, 0.05) is 65.8 Å². The SMILES string of the molecule is c1ccc(-c2nc(-c3cc(-c4ccccc4)c(-n4c5ccccc5c5cc(-n6c7ccccc7c7ccccc76)ccc54)c(-c4ccccc4)c3)nc(-c3ccc4c(c3)oc3ccccc34)n2)cc1. The Morgan fingerprint density at radius 2 is 0.725 bits per heavy atom. The predicted molar refractivity (Wildman–Crippen MR) is 283 cm³/mol. The second-order valence-corrected chi connectivity index (χ2v) is 17.6. The lowest BCUT2D eigenvalue weighted by Crippen LogP contribution is -2.04. The van der Waals surface area contributed by atoms with Gasteiger partial charge in [-0.15, -0.1) is 0 Å². The van der Waals surface area contributed by atoms with E-state index in [1.165, 1.54) is 32.6 Å². The van der Waals surface area contributed by atoms with Crippen molar-refractivity contribution in [2.75, 3.05) is 0 Å². The summed E-state index contributed by atoms with van der Waals surface area (Å²) in [7, 11) is 0. The van der Waals surface area contributed by atoms with Crippen LogP contribution in [0.15, 0.2) is 241 Å². The van der Waals surface area contributed by atoms with Gasteiger partial charge in [-0.25, -0.2) is 15.0 Å². The highest BCUT2D eigenvalue weighted by Gasteiger charge is 2.24. The van der Waals surface area contributed by atoms with Crippen molar-refractivity contribution in [3.05, 3.63) is 237 Å². The number of aromatic nitrogens is 5. The summed E-state index contributed by atoms with van der Waals surface area (Å²) in [5.41, 5.74) is 15.3. The zero-order valence-electron chi connectivity index (χ0n) is 37.2. The molecule has 14 rings (SSSR count). The number of hydrogen-bond donors (Lipinski definition) is 0. The molecular weight excluding hydrogens is 843 g/mol. The third kappa shape index (κ3) is 6.30. The number of furan rings is 1. The maximum Gasteiger partial charge on any atom is 0.164 e. The largest absolute Gasteiger partial charge is 0.456 e. The fourth-order valence-electron chi connectivity index (χ4n) is 10.4. The maximum atomic E-state index is 6.37. The normalized spacial score (nSPS) is 11.8. The second-order valence-electron chi connectivity index (χ2n) is 17.6. The molecule has 0 atom stereocenters. The number of fused-ring (bicyclic) bond motifs is 9. The average Bonchev–Trinajstić information content (AvgIpc) is 4.08. The summed E-state index contributed by atoms with van der Waals surface area (Å²) in [6.07, 6.45) is 0. The van der Waals surface area contributed by atoms with E-state index in [1.54, 1.807) is 0 Å². The summed E-state index contributed by atoms with van der Waals surface area (Å²) in [4.78, 5) is 15.7. The van der Waals surface area contributed by atoms with Gasteiger partial charge in [0.2, 0.25) is 0 Å². The number of hydrogen-bond acceptors (Lipinski definition) is 4.